The predicted molar refractivity (Wildman–Crippen MR) is 72.6 cm³/mol. The van der Waals surface area contributed by atoms with E-state index in [1.165, 1.54) is 12.1 Å². The topological polar surface area (TPSA) is 72.2 Å². The molecule has 3 N–H and O–H groups in total. The van der Waals surface area contributed by atoms with E-state index in [-0.39, 0.29) is 10.9 Å². The highest BCUT2D eigenvalue weighted by Gasteiger charge is 2.09. The lowest BCUT2D eigenvalue weighted by Crippen LogP contribution is -2.21. The highest BCUT2D eigenvalue weighted by atomic mass is 32.2. The number of hydrogen-bond donors (Lipinski definition) is 2. The van der Waals surface area contributed by atoms with Crippen molar-refractivity contribution in [1.29, 1.82) is 0 Å². The number of primary sulfonamides is 1. The molecule has 1 atom stereocenters. The van der Waals surface area contributed by atoms with E-state index in [0.29, 0.717) is 0 Å². The third kappa shape index (κ3) is 4.67. The highest BCUT2D eigenvalue weighted by Crippen LogP contribution is 2.15. The van der Waals surface area contributed by atoms with Crippen LogP contribution in [0.15, 0.2) is 29.2 Å². The molecule has 0 aliphatic rings. The van der Waals surface area contributed by atoms with Gasteiger partial charge in [-0.25, -0.2) is 13.6 Å². The minimum absolute atomic E-state index is 0.151. The number of thioether (sulfide) groups is 1. The lowest BCUT2D eigenvalue weighted by Gasteiger charge is -2.14. The van der Waals surface area contributed by atoms with E-state index >= 15 is 0 Å². The molecule has 1 aromatic rings. The summed E-state index contributed by atoms with van der Waals surface area (Å²) < 4.78 is 22.2. The zero-order chi connectivity index (χ0) is 12.9. The molecule has 0 bridgehead atoms. The maximum atomic E-state index is 11.1. The second-order valence-electron chi connectivity index (χ2n) is 3.78. The van der Waals surface area contributed by atoms with Gasteiger partial charge >= 0.3 is 0 Å². The van der Waals surface area contributed by atoms with Gasteiger partial charge in [-0.05, 0) is 30.9 Å². The molecule has 0 aliphatic carbocycles. The molecule has 0 amide bonds. The Morgan fingerprint density at radius 2 is 1.94 bits per heavy atom. The van der Waals surface area contributed by atoms with Gasteiger partial charge in [-0.1, -0.05) is 12.1 Å². The Labute approximate surface area is 107 Å². The zero-order valence-electron chi connectivity index (χ0n) is 10.0. The first-order chi connectivity index (χ1) is 7.95. The molecule has 96 valence electrons. The van der Waals surface area contributed by atoms with Gasteiger partial charge in [0.1, 0.15) is 0 Å². The van der Waals surface area contributed by atoms with Crippen LogP contribution in [0.1, 0.15) is 18.5 Å². The molecule has 0 saturated heterocycles. The summed E-state index contributed by atoms with van der Waals surface area (Å²) in [5, 5.41) is 8.39. The molecular formula is C11H18N2O2S2. The van der Waals surface area contributed by atoms with Crippen LogP contribution in [-0.2, 0) is 10.0 Å². The van der Waals surface area contributed by atoms with Crippen molar-refractivity contribution in [1.82, 2.24) is 5.32 Å². The van der Waals surface area contributed by atoms with Gasteiger partial charge in [0.2, 0.25) is 10.0 Å². The summed E-state index contributed by atoms with van der Waals surface area (Å²) in [5.41, 5.74) is 1.05. The van der Waals surface area contributed by atoms with Gasteiger partial charge in [0.25, 0.3) is 0 Å². The van der Waals surface area contributed by atoms with Gasteiger partial charge in [-0.3, -0.25) is 0 Å². The maximum Gasteiger partial charge on any atom is 0.238 e. The molecule has 0 aliphatic heterocycles. The molecule has 1 unspecified atom stereocenters. The fraction of sp³-hybridized carbons (Fsp3) is 0.455. The fourth-order valence-electron chi connectivity index (χ4n) is 1.44. The first-order valence-electron chi connectivity index (χ1n) is 5.30. The van der Waals surface area contributed by atoms with Crippen LogP contribution < -0.4 is 10.5 Å². The summed E-state index contributed by atoms with van der Waals surface area (Å²) in [6.07, 6.45) is 2.06. The second-order valence-corrected chi connectivity index (χ2v) is 6.33. The van der Waals surface area contributed by atoms with Crippen molar-refractivity contribution in [3.05, 3.63) is 29.8 Å². The van der Waals surface area contributed by atoms with Crippen LogP contribution in [0.4, 0.5) is 0 Å². The molecule has 0 heterocycles. The van der Waals surface area contributed by atoms with E-state index in [0.717, 1.165) is 17.9 Å². The van der Waals surface area contributed by atoms with E-state index in [1.54, 1.807) is 23.9 Å². The molecule has 0 aromatic heterocycles. The van der Waals surface area contributed by atoms with E-state index < -0.39 is 10.0 Å². The van der Waals surface area contributed by atoms with Crippen LogP contribution in [0, 0.1) is 0 Å². The third-order valence-corrected chi connectivity index (χ3v) is 4.01. The Hall–Kier alpha value is -0.560. The van der Waals surface area contributed by atoms with Crippen LogP contribution in [0.25, 0.3) is 0 Å². The van der Waals surface area contributed by atoms with Crippen LogP contribution in [-0.4, -0.2) is 27.0 Å². The molecule has 6 heteroatoms. The fourth-order valence-corrected chi connectivity index (χ4v) is 2.28. The average molecular weight is 274 g/mol. The van der Waals surface area contributed by atoms with Crippen molar-refractivity contribution in [2.75, 3.05) is 18.6 Å². The quantitative estimate of drug-likeness (QED) is 0.768. The maximum absolute atomic E-state index is 11.1. The van der Waals surface area contributed by atoms with Crippen molar-refractivity contribution in [3.8, 4) is 0 Å². The van der Waals surface area contributed by atoms with Crippen molar-refractivity contribution >= 4 is 21.8 Å². The molecule has 0 saturated carbocycles. The normalized spacial score (nSPS) is 13.6. The number of sulfonamides is 1. The molecule has 17 heavy (non-hydrogen) atoms. The lowest BCUT2D eigenvalue weighted by atomic mass is 10.1. The predicted octanol–water partition coefficient (Wildman–Crippen LogP) is 1.35. The molecule has 4 nitrogen and oxygen atoms in total. The van der Waals surface area contributed by atoms with Gasteiger partial charge in [0, 0.05) is 18.3 Å². The average Bonchev–Trinajstić information content (AvgIpc) is 2.28. The van der Waals surface area contributed by atoms with E-state index in [9.17, 15) is 8.42 Å². The Bertz CT molecular complexity index is 443. The van der Waals surface area contributed by atoms with E-state index in [2.05, 4.69) is 11.6 Å². The van der Waals surface area contributed by atoms with Crippen LogP contribution in [0.2, 0.25) is 0 Å². The Kier molecular flexibility index (Phi) is 5.45. The van der Waals surface area contributed by atoms with E-state index in [1.807, 2.05) is 6.92 Å². The van der Waals surface area contributed by atoms with Crippen molar-refractivity contribution in [3.63, 3.8) is 0 Å². The van der Waals surface area contributed by atoms with Gasteiger partial charge in [-0.2, -0.15) is 11.8 Å². The number of hydrogen-bond acceptors (Lipinski definition) is 4. The van der Waals surface area contributed by atoms with E-state index in [4.69, 9.17) is 5.14 Å². The molecule has 1 aromatic carbocycles. The lowest BCUT2D eigenvalue weighted by molar-refractivity contribution is 0.594. The SMILES string of the molecule is CSCCNC(C)c1ccc(S(N)(=O)=O)cc1. The third-order valence-electron chi connectivity index (χ3n) is 2.47. The number of nitrogens with one attached hydrogen (secondary N) is 1. The minimum atomic E-state index is -3.59. The monoisotopic (exact) mass is 274 g/mol. The van der Waals surface area contributed by atoms with Crippen molar-refractivity contribution in [2.24, 2.45) is 5.14 Å². The van der Waals surface area contributed by atoms with Gasteiger partial charge in [0.15, 0.2) is 0 Å². The number of nitrogens with two attached hydrogens (primary N) is 1. The van der Waals surface area contributed by atoms with Crippen molar-refractivity contribution < 1.29 is 8.42 Å². The molecule has 0 radical (unpaired) electrons. The highest BCUT2D eigenvalue weighted by molar-refractivity contribution is 7.98. The molecule has 0 fully saturated rings. The van der Waals surface area contributed by atoms with Crippen LogP contribution in [0.3, 0.4) is 0 Å². The number of rotatable bonds is 6. The Morgan fingerprint density at radius 3 is 2.41 bits per heavy atom. The van der Waals surface area contributed by atoms with Gasteiger partial charge in [0.05, 0.1) is 4.90 Å². The minimum Gasteiger partial charge on any atom is -0.309 e. The summed E-state index contributed by atoms with van der Waals surface area (Å²) in [5.74, 6) is 1.06. The number of benzene rings is 1. The first-order valence-corrected chi connectivity index (χ1v) is 8.24. The van der Waals surface area contributed by atoms with Crippen molar-refractivity contribution in [2.45, 2.75) is 17.9 Å². The van der Waals surface area contributed by atoms with Crippen LogP contribution in [0.5, 0.6) is 0 Å². The summed E-state index contributed by atoms with van der Waals surface area (Å²) in [6.45, 7) is 2.98. The smallest absolute Gasteiger partial charge is 0.238 e. The molecule has 1 rings (SSSR count). The summed E-state index contributed by atoms with van der Waals surface area (Å²) in [4.78, 5) is 0.151. The largest absolute Gasteiger partial charge is 0.309 e. The summed E-state index contributed by atoms with van der Waals surface area (Å²) >= 11 is 1.79. The summed E-state index contributed by atoms with van der Waals surface area (Å²) in [7, 11) is -3.59. The first kappa shape index (κ1) is 14.5. The zero-order valence-corrected chi connectivity index (χ0v) is 11.6. The standard InChI is InChI=1S/C11H18N2O2S2/c1-9(13-7-8-16-2)10-3-5-11(6-4-10)17(12,14)15/h3-6,9,13H,7-8H2,1-2H3,(H2,12,14,15). The Balaban J connectivity index is 2.67. The molecular weight excluding hydrogens is 256 g/mol. The Morgan fingerprint density at radius 1 is 1.35 bits per heavy atom. The van der Waals surface area contributed by atoms with Crippen LogP contribution >= 0.6 is 11.8 Å². The van der Waals surface area contributed by atoms with Gasteiger partial charge < -0.3 is 5.32 Å². The van der Waals surface area contributed by atoms with Gasteiger partial charge in [-0.15, -0.1) is 0 Å². The molecule has 0 spiro atoms. The second kappa shape index (κ2) is 6.39. The summed E-state index contributed by atoms with van der Waals surface area (Å²) in [6, 6.07) is 6.86.